The fourth-order valence-corrected chi connectivity index (χ4v) is 1.98. The molecule has 0 saturated carbocycles. The predicted octanol–water partition coefficient (Wildman–Crippen LogP) is 0.706. The second-order valence-corrected chi connectivity index (χ2v) is 4.40. The summed E-state index contributed by atoms with van der Waals surface area (Å²) in [5, 5.41) is 0. The van der Waals surface area contributed by atoms with E-state index in [0.29, 0.717) is 6.61 Å². The van der Waals surface area contributed by atoms with E-state index in [-0.39, 0.29) is 24.0 Å². The maximum absolute atomic E-state index is 11.1. The first-order valence-corrected chi connectivity index (χ1v) is 5.66. The smallest absolute Gasteiger partial charge is 0.392 e. The highest BCUT2D eigenvalue weighted by Crippen LogP contribution is 2.00. The number of carbonyl (C=O) groups excluding carboxylic acids is 2. The third-order valence-electron chi connectivity index (χ3n) is 1.32. The normalized spacial score (nSPS) is 10.5. The highest BCUT2D eigenvalue weighted by Gasteiger charge is 2.19. The molecule has 0 heterocycles. The minimum Gasteiger partial charge on any atom is -0.396 e. The maximum Gasteiger partial charge on any atom is 0.392 e. The second kappa shape index (κ2) is 6.94. The van der Waals surface area contributed by atoms with Gasteiger partial charge in [-0.05, 0) is 13.8 Å². The molecule has 5 heteroatoms. The van der Waals surface area contributed by atoms with Gasteiger partial charge in [0.1, 0.15) is 11.6 Å². The molecule has 0 unspecified atom stereocenters. The topological polar surface area (TPSA) is 52.6 Å². The second-order valence-electron chi connectivity index (χ2n) is 2.60. The zero-order valence-corrected chi connectivity index (χ0v) is 9.25. The Morgan fingerprint density at radius 3 is 2.38 bits per heavy atom. The molecule has 75 valence electrons. The summed E-state index contributed by atoms with van der Waals surface area (Å²) in [5.41, 5.74) is 0. The molecule has 13 heavy (non-hydrogen) atoms. The third kappa shape index (κ3) is 6.62. The van der Waals surface area contributed by atoms with Crippen LogP contribution >= 0.6 is 0 Å². The molecule has 0 amide bonds. The summed E-state index contributed by atoms with van der Waals surface area (Å²) in [6.45, 7) is 3.78. The number of hydrogen-bond donors (Lipinski definition) is 0. The lowest BCUT2D eigenvalue weighted by Gasteiger charge is -2.09. The maximum atomic E-state index is 11.1. The van der Waals surface area contributed by atoms with Gasteiger partial charge >= 0.3 is 9.28 Å². The molecule has 0 aromatic heterocycles. The molecule has 4 nitrogen and oxygen atoms in total. The van der Waals surface area contributed by atoms with E-state index in [1.807, 2.05) is 6.92 Å². The minimum atomic E-state index is -1.48. The van der Waals surface area contributed by atoms with Crippen molar-refractivity contribution in [1.82, 2.24) is 0 Å². The Bertz CT molecular complexity index is 181. The third-order valence-corrected chi connectivity index (χ3v) is 3.07. The molecule has 0 rings (SSSR count). The van der Waals surface area contributed by atoms with Gasteiger partial charge in [0, 0.05) is 13.7 Å². The summed E-state index contributed by atoms with van der Waals surface area (Å²) >= 11 is 0. The van der Waals surface area contributed by atoms with Crippen LogP contribution in [-0.2, 0) is 18.4 Å². The van der Waals surface area contributed by atoms with Crippen LogP contribution in [0.25, 0.3) is 0 Å². The van der Waals surface area contributed by atoms with Crippen molar-refractivity contribution in [2.24, 2.45) is 0 Å². The van der Waals surface area contributed by atoms with Gasteiger partial charge in [0.25, 0.3) is 0 Å². The van der Waals surface area contributed by atoms with Gasteiger partial charge in [0.2, 0.25) is 0 Å². The van der Waals surface area contributed by atoms with Gasteiger partial charge in [0.15, 0.2) is 0 Å². The Morgan fingerprint density at radius 2 is 2.00 bits per heavy atom. The van der Waals surface area contributed by atoms with Crippen LogP contribution in [0.4, 0.5) is 0 Å². The van der Waals surface area contributed by atoms with Crippen molar-refractivity contribution in [3.05, 3.63) is 0 Å². The van der Waals surface area contributed by atoms with Gasteiger partial charge in [-0.15, -0.1) is 0 Å². The van der Waals surface area contributed by atoms with Gasteiger partial charge < -0.3 is 8.85 Å². The molecule has 0 aromatic rings. The first-order chi connectivity index (χ1) is 6.10. The van der Waals surface area contributed by atoms with E-state index in [2.05, 4.69) is 0 Å². The number of hydrogen-bond acceptors (Lipinski definition) is 4. The Hall–Kier alpha value is -0.523. The molecule has 1 radical (unpaired) electrons. The Labute approximate surface area is 80.1 Å². The first kappa shape index (κ1) is 12.5. The van der Waals surface area contributed by atoms with E-state index in [0.717, 1.165) is 0 Å². The zero-order valence-electron chi connectivity index (χ0n) is 8.25. The molecular weight excluding hydrogens is 188 g/mol. The van der Waals surface area contributed by atoms with Crippen molar-refractivity contribution in [1.29, 1.82) is 0 Å². The molecule has 0 spiro atoms. The average Bonchev–Trinajstić information content (AvgIpc) is 2.02. The standard InChI is InChI=1S/C8H15O4Si/c1-4-12-13(11-3)6-8(10)5-7(2)9/h4-6H2,1-3H3. The molecule has 0 aliphatic rings. The predicted molar refractivity (Wildman–Crippen MR) is 49.5 cm³/mol. The van der Waals surface area contributed by atoms with E-state index in [9.17, 15) is 9.59 Å². The molecule has 0 fully saturated rings. The number of ketones is 2. The molecule has 0 aliphatic heterocycles. The fraction of sp³-hybridized carbons (Fsp3) is 0.750. The van der Waals surface area contributed by atoms with Crippen LogP contribution in [0.1, 0.15) is 20.3 Å². The minimum absolute atomic E-state index is 0.00932. The zero-order chi connectivity index (χ0) is 10.3. The monoisotopic (exact) mass is 203 g/mol. The first-order valence-electron chi connectivity index (χ1n) is 4.13. The number of carbonyl (C=O) groups is 2. The van der Waals surface area contributed by atoms with Crippen molar-refractivity contribution >= 4 is 20.9 Å². The highest BCUT2D eigenvalue weighted by molar-refractivity contribution is 6.49. The Kier molecular flexibility index (Phi) is 6.66. The summed E-state index contributed by atoms with van der Waals surface area (Å²) in [4.78, 5) is 21.7. The van der Waals surface area contributed by atoms with Crippen molar-refractivity contribution in [2.75, 3.05) is 13.7 Å². The van der Waals surface area contributed by atoms with E-state index >= 15 is 0 Å². The van der Waals surface area contributed by atoms with E-state index in [4.69, 9.17) is 8.85 Å². The Balaban J connectivity index is 3.79. The van der Waals surface area contributed by atoms with Crippen molar-refractivity contribution < 1.29 is 18.4 Å². The molecule has 0 aromatic carbocycles. The summed E-state index contributed by atoms with van der Waals surface area (Å²) in [5.74, 6) is -0.212. The number of rotatable bonds is 7. The van der Waals surface area contributed by atoms with Crippen LogP contribution in [0.3, 0.4) is 0 Å². The van der Waals surface area contributed by atoms with Crippen LogP contribution in [0.15, 0.2) is 0 Å². The van der Waals surface area contributed by atoms with Crippen molar-refractivity contribution in [3.63, 3.8) is 0 Å². The summed E-state index contributed by atoms with van der Waals surface area (Å²) in [7, 11) is 0.0380. The summed E-state index contributed by atoms with van der Waals surface area (Å²) < 4.78 is 10.2. The largest absolute Gasteiger partial charge is 0.396 e. The lowest BCUT2D eigenvalue weighted by Crippen LogP contribution is -2.25. The van der Waals surface area contributed by atoms with E-state index < -0.39 is 9.28 Å². The van der Waals surface area contributed by atoms with Crippen LogP contribution in [-0.4, -0.2) is 34.6 Å². The molecule has 0 N–H and O–H groups in total. The van der Waals surface area contributed by atoms with Crippen LogP contribution in [0, 0.1) is 0 Å². The van der Waals surface area contributed by atoms with Crippen molar-refractivity contribution in [2.45, 2.75) is 26.3 Å². The van der Waals surface area contributed by atoms with Crippen molar-refractivity contribution in [3.8, 4) is 0 Å². The van der Waals surface area contributed by atoms with Gasteiger partial charge in [-0.3, -0.25) is 9.59 Å². The summed E-state index contributed by atoms with van der Waals surface area (Å²) in [6.07, 6.45) is -0.00932. The number of Topliss-reactive ketones (excluding diaryl/α,β-unsaturated/α-hetero) is 2. The molecule has 0 saturated heterocycles. The van der Waals surface area contributed by atoms with Crippen LogP contribution in [0.5, 0.6) is 0 Å². The SMILES string of the molecule is CCO[Si](CC(=O)CC(C)=O)OC. The van der Waals surface area contributed by atoms with Gasteiger partial charge in [-0.1, -0.05) is 0 Å². The molecule has 0 atom stereocenters. The fourth-order valence-electron chi connectivity index (χ4n) is 0.844. The van der Waals surface area contributed by atoms with Crippen LogP contribution < -0.4 is 0 Å². The van der Waals surface area contributed by atoms with Gasteiger partial charge in [-0.25, -0.2) is 0 Å². The summed E-state index contributed by atoms with van der Waals surface area (Å²) in [6, 6.07) is 0.245. The van der Waals surface area contributed by atoms with Gasteiger partial charge in [0.05, 0.1) is 12.5 Å². The quantitative estimate of drug-likeness (QED) is 0.451. The van der Waals surface area contributed by atoms with Gasteiger partial charge in [-0.2, -0.15) is 0 Å². The molecular formula is C8H15O4Si. The lowest BCUT2D eigenvalue weighted by molar-refractivity contribution is -0.124. The van der Waals surface area contributed by atoms with E-state index in [1.165, 1.54) is 14.0 Å². The molecule has 0 bridgehead atoms. The highest BCUT2D eigenvalue weighted by atomic mass is 28.3. The average molecular weight is 203 g/mol. The van der Waals surface area contributed by atoms with E-state index in [1.54, 1.807) is 0 Å². The van der Waals surface area contributed by atoms with Crippen LogP contribution in [0.2, 0.25) is 6.04 Å². The Morgan fingerprint density at radius 1 is 1.38 bits per heavy atom. The molecule has 0 aliphatic carbocycles. The lowest BCUT2D eigenvalue weighted by atomic mass is 10.2.